The highest BCUT2D eigenvalue weighted by molar-refractivity contribution is 8.00. The summed E-state index contributed by atoms with van der Waals surface area (Å²) in [4.78, 5) is 167. The first-order chi connectivity index (χ1) is 51.7. The number of nitrogens with two attached hydrogens (primary N) is 4. The van der Waals surface area contributed by atoms with Gasteiger partial charge in [-0.2, -0.15) is 44.3 Å². The Balaban J connectivity index is 0.000000465. The summed E-state index contributed by atoms with van der Waals surface area (Å²) in [6.45, 7) is 2.04. The maximum Gasteiger partial charge on any atom is 0.328 e. The highest BCUT2D eigenvalue weighted by Gasteiger charge is 2.27. The molecule has 5 amide bonds. The summed E-state index contributed by atoms with van der Waals surface area (Å²) in [5.74, 6) is -7.25. The number of carbonyl (C=O) groups excluding carboxylic acids is 6. The van der Waals surface area contributed by atoms with E-state index in [1.165, 1.54) is 28.0 Å². The molecule has 0 saturated carbocycles. The van der Waals surface area contributed by atoms with Crippen LogP contribution in [-0.4, -0.2) is 258 Å². The number of aliphatic carboxylic acids is 4. The van der Waals surface area contributed by atoms with Crippen LogP contribution in [-0.2, 0) is 83.6 Å². The van der Waals surface area contributed by atoms with Gasteiger partial charge < -0.3 is 109 Å². The molecule has 0 aliphatic heterocycles. The van der Waals surface area contributed by atoms with Crippen LogP contribution in [0, 0.1) is 0 Å². The highest BCUT2D eigenvalue weighted by Crippen LogP contribution is 2.22. The largest absolute Gasteiger partial charge is 0.481 e. The molecule has 0 fully saturated rings. The minimum Gasteiger partial charge on any atom is -0.481 e. The van der Waals surface area contributed by atoms with Crippen LogP contribution in [0.4, 0.5) is 16.0 Å². The van der Waals surface area contributed by atoms with Gasteiger partial charge in [0.25, 0.3) is 0 Å². The van der Waals surface area contributed by atoms with Gasteiger partial charge in [0.15, 0.2) is 28.7 Å². The summed E-state index contributed by atoms with van der Waals surface area (Å²) in [6.07, 6.45) is 2.91. The number of carboxylic acids is 4. The van der Waals surface area contributed by atoms with Crippen LogP contribution in [0.5, 0.6) is 12.0 Å². The van der Waals surface area contributed by atoms with Gasteiger partial charge in [0.1, 0.15) is 48.9 Å². The lowest BCUT2D eigenvalue weighted by molar-refractivity contribution is -0.140. The number of amides is 5. The topological polar surface area (TPSA) is 586 Å². The standard InChI is InChI=1S/C32H46N10O10S.C22H29N7O4.C11H18N2O6S.CH3F/c1-41(2)16-20(53-17-22(29(47)36-14-25(45)46)37-23(43)9-8-21(33)30(48)49)12-24(44)35-13-18-4-6-19(7-5-18)15-42-28-26(38-32(42)50)27(34)39-31(40-28)52-11-10-51-3;1-28(2)10-4-5-17(30)24-13-15-6-8-16(9-7-15)14-29-20-18(25-22(29)31)19(23)26-21(27-20)33-12-11-32-3;12-6(11(18)19)1-3-9(15)13-7(5-20)8(14)2-4-10(16)17;1-2/h4-7,20-22H,8-17,33H2,1-3H3,(H,35,44)(H,36,47)(H,37,43)(H,38,50)(H,45,46)(H,48,49)(H2,34,39,40);4,6-10H,5,11-14H2,1-3H3,(H,24,30)(H,25,31)(H2,23,26,27);6-7,20H,1-5,12H2,(H,13,15)(H,16,17)(H,18,19);1H3/b;10-4+;;/i;;;1D. The molecule has 594 valence electrons. The van der Waals surface area contributed by atoms with E-state index in [0.717, 1.165) is 22.3 Å². The number of thioether (sulfide) groups is 1. The van der Waals surface area contributed by atoms with Crippen molar-refractivity contribution in [3.05, 3.63) is 104 Å². The van der Waals surface area contributed by atoms with E-state index >= 15 is 0 Å². The van der Waals surface area contributed by atoms with Gasteiger partial charge in [0.05, 0.1) is 47.3 Å². The number of ether oxygens (including phenoxy) is 4. The average molecular weight is 1560 g/mol. The van der Waals surface area contributed by atoms with Gasteiger partial charge in [-0.05, 0) is 55.4 Å². The molecular formula is C66H96FN19O20S2. The average Bonchev–Trinajstić information content (AvgIpc) is 1.65. The van der Waals surface area contributed by atoms with E-state index in [1.807, 2.05) is 98.8 Å². The Hall–Kier alpha value is -10.8. The van der Waals surface area contributed by atoms with Crippen molar-refractivity contribution in [2.24, 2.45) is 11.5 Å². The number of Topliss-reactive ketones (excluding diaryl/α,β-unsaturated/α-hetero) is 1. The molecule has 0 aliphatic rings. The predicted octanol–water partition coefficient (Wildman–Crippen LogP) is -1.21. The number of carbonyl (C=O) groups is 10. The van der Waals surface area contributed by atoms with Crippen molar-refractivity contribution in [3.8, 4) is 12.0 Å². The summed E-state index contributed by atoms with van der Waals surface area (Å²) < 4.78 is 39.2. The van der Waals surface area contributed by atoms with Crippen molar-refractivity contribution < 1.29 is 93.1 Å². The molecule has 4 heterocycles. The molecule has 0 spiro atoms. The van der Waals surface area contributed by atoms with E-state index in [9.17, 15) is 61.9 Å². The first-order valence-electron chi connectivity index (χ1n) is 33.7. The molecule has 0 radical (unpaired) electrons. The fraction of sp³-hybridized carbons (Fsp3) is 0.485. The quantitative estimate of drug-likeness (QED) is 0.0158. The van der Waals surface area contributed by atoms with Crippen molar-refractivity contribution in [2.45, 2.75) is 107 Å². The summed E-state index contributed by atoms with van der Waals surface area (Å²) in [5.41, 5.74) is 26.7. The Morgan fingerprint density at radius 3 is 1.49 bits per heavy atom. The van der Waals surface area contributed by atoms with E-state index in [2.05, 4.69) is 69.1 Å². The molecule has 39 nitrogen and oxygen atoms in total. The van der Waals surface area contributed by atoms with E-state index in [1.54, 1.807) is 7.11 Å². The Labute approximate surface area is 630 Å². The molecule has 19 N–H and O–H groups in total. The molecule has 42 heteroatoms. The number of hydrogen-bond donors (Lipinski definition) is 16. The number of benzene rings is 2. The molecule has 0 saturated heterocycles. The molecule has 5 unspecified atom stereocenters. The number of nitrogens with zero attached hydrogens (tertiary/aromatic N) is 8. The van der Waals surface area contributed by atoms with Gasteiger partial charge in [-0.15, -0.1) is 0 Å². The number of H-pyrrole nitrogens is 2. The van der Waals surface area contributed by atoms with Crippen LogP contribution in [0.2, 0.25) is 0 Å². The monoisotopic (exact) mass is 1560 g/mol. The number of nitrogen functional groups attached to an aromatic ring is 2. The number of thiol groups is 1. The van der Waals surface area contributed by atoms with Crippen LogP contribution in [0.25, 0.3) is 22.3 Å². The smallest absolute Gasteiger partial charge is 0.328 e. The lowest BCUT2D eigenvalue weighted by atomic mass is 10.1. The SMILES string of the molecule is COCCOc1nc(N)c2[nH]c(=O)n(Cc3ccc(CNC(=O)C/C=C/N(C)C)cc3)c2n1.COCCOc1nc(N)c2[nH]c(=O)n(Cc3ccc(CNC(=O)CC(CN(C)C)SCC(NC(=O)CCC(N)C(=O)O)C(=O)NCC(=O)O)cc3)c2n1.NC(CCC(=O)NC(CS)C(=O)CCC(=O)O)C(=O)O.[2H]CF. The van der Waals surface area contributed by atoms with Crippen molar-refractivity contribution in [3.63, 3.8) is 0 Å². The molecule has 4 aromatic heterocycles. The fourth-order valence-electron chi connectivity index (χ4n) is 9.20. The van der Waals surface area contributed by atoms with Crippen LogP contribution in [0.1, 0.15) is 75.0 Å². The zero-order valence-corrected chi connectivity index (χ0v) is 62.2. The molecule has 6 aromatic rings. The first-order valence-corrected chi connectivity index (χ1v) is 34.7. The number of hydrogen-bond acceptors (Lipinski definition) is 28. The number of imidazole rings is 2. The van der Waals surface area contributed by atoms with E-state index in [-0.39, 0.29) is 141 Å². The van der Waals surface area contributed by atoms with Gasteiger partial charge in [-0.1, -0.05) is 54.6 Å². The number of aromatic nitrogens is 8. The number of anilines is 2. The summed E-state index contributed by atoms with van der Waals surface area (Å²) >= 11 is 5.16. The van der Waals surface area contributed by atoms with Crippen LogP contribution in [0.3, 0.4) is 0 Å². The van der Waals surface area contributed by atoms with Crippen molar-refractivity contribution in [2.75, 3.05) is 112 Å². The highest BCUT2D eigenvalue weighted by atomic mass is 32.2. The van der Waals surface area contributed by atoms with Gasteiger partial charge in [-0.3, -0.25) is 61.5 Å². The fourth-order valence-corrected chi connectivity index (χ4v) is 10.9. The van der Waals surface area contributed by atoms with E-state index in [0.29, 0.717) is 49.4 Å². The van der Waals surface area contributed by atoms with Crippen LogP contribution in [0.15, 0.2) is 70.4 Å². The molecule has 5 atom stereocenters. The first kappa shape index (κ1) is 89.6. The third-order valence-electron chi connectivity index (χ3n) is 14.7. The number of aromatic amines is 2. The van der Waals surface area contributed by atoms with Gasteiger partial charge in [-0.25, -0.2) is 9.59 Å². The number of carboxylic acid groups (broad SMARTS) is 4. The maximum absolute atomic E-state index is 13.0. The molecule has 6 rings (SSSR count). The maximum atomic E-state index is 13.0. The molecule has 0 bridgehead atoms. The van der Waals surface area contributed by atoms with E-state index < -0.39 is 90.9 Å². The third kappa shape index (κ3) is 33.8. The van der Waals surface area contributed by atoms with Gasteiger partial charge in [0, 0.05) is 96.8 Å². The number of fused-ring (bicyclic) bond motifs is 2. The van der Waals surface area contributed by atoms with Gasteiger partial charge in [0.2, 0.25) is 29.5 Å². The minimum absolute atomic E-state index is 0.00964. The molecular weight excluding hydrogens is 1460 g/mol. The van der Waals surface area contributed by atoms with E-state index in [4.69, 9.17) is 63.7 Å². The number of methoxy groups -OCH3 is 2. The van der Waals surface area contributed by atoms with Crippen LogP contribution >= 0.6 is 24.4 Å². The number of halogens is 1. The Morgan fingerprint density at radius 1 is 0.639 bits per heavy atom. The summed E-state index contributed by atoms with van der Waals surface area (Å²) in [6, 6.07) is 10.5. The van der Waals surface area contributed by atoms with Crippen LogP contribution < -0.4 is 70.4 Å². The minimum atomic E-state index is -1.27. The van der Waals surface area contributed by atoms with Gasteiger partial charge >= 0.3 is 47.3 Å². The third-order valence-corrected chi connectivity index (χ3v) is 16.4. The molecule has 2 aromatic carbocycles. The van der Waals surface area contributed by atoms with Crippen molar-refractivity contribution in [1.82, 2.24) is 75.4 Å². The second-order valence-corrected chi connectivity index (χ2v) is 25.6. The van der Waals surface area contributed by atoms with Crippen molar-refractivity contribution in [1.29, 1.82) is 0 Å². The Bertz CT molecular complexity index is 4110. The van der Waals surface area contributed by atoms with Crippen molar-refractivity contribution >= 4 is 118 Å². The normalized spacial score (nSPS) is 12.4. The predicted molar refractivity (Wildman–Crippen MR) is 398 cm³/mol. The number of ketones is 1. The Kier molecular flexibility index (Phi) is 40.2. The lowest BCUT2D eigenvalue weighted by Gasteiger charge is -2.24. The Morgan fingerprint density at radius 2 is 1.08 bits per heavy atom. The number of rotatable bonds is 44. The molecule has 108 heavy (non-hydrogen) atoms. The lowest BCUT2D eigenvalue weighted by Crippen LogP contribution is -2.50. The number of alkyl halides is 1. The number of nitrogens with one attached hydrogen (secondary N) is 7. The summed E-state index contributed by atoms with van der Waals surface area (Å²) in [7, 11) is 9.53. The second kappa shape index (κ2) is 48.4. The summed E-state index contributed by atoms with van der Waals surface area (Å²) in [5, 5.41) is 47.5. The zero-order valence-electron chi connectivity index (χ0n) is 61.5. The zero-order chi connectivity index (χ0) is 81.3. The molecule has 0 aliphatic carbocycles. The second-order valence-electron chi connectivity index (χ2n) is 23.9.